The highest BCUT2D eigenvalue weighted by atomic mass is 79.9. The molecule has 3 heteroatoms. The number of ether oxygens (including phenoxy) is 1. The topological polar surface area (TPSA) is 9.23 Å². The SMILES string of the molecule is C=CC[C@H](C)Oc1cc(F)ccc1Br. The summed E-state index contributed by atoms with van der Waals surface area (Å²) in [4.78, 5) is 0. The van der Waals surface area contributed by atoms with Crippen molar-refractivity contribution in [3.05, 3.63) is 41.1 Å². The number of hydrogen-bond acceptors (Lipinski definition) is 1. The molecule has 0 aliphatic rings. The number of benzene rings is 1. The summed E-state index contributed by atoms with van der Waals surface area (Å²) < 4.78 is 19.1. The van der Waals surface area contributed by atoms with Gasteiger partial charge in [-0.05, 0) is 35.0 Å². The van der Waals surface area contributed by atoms with E-state index in [1.54, 1.807) is 12.1 Å². The molecule has 0 aliphatic carbocycles. The first-order valence-electron chi connectivity index (χ1n) is 4.36. The Hall–Kier alpha value is -0.830. The van der Waals surface area contributed by atoms with Gasteiger partial charge in [0.05, 0.1) is 10.6 Å². The van der Waals surface area contributed by atoms with Crippen LogP contribution in [0.4, 0.5) is 4.39 Å². The van der Waals surface area contributed by atoms with Gasteiger partial charge in [-0.25, -0.2) is 4.39 Å². The molecule has 0 N–H and O–H groups in total. The van der Waals surface area contributed by atoms with Gasteiger partial charge in [0.1, 0.15) is 11.6 Å². The van der Waals surface area contributed by atoms with Gasteiger partial charge in [-0.15, -0.1) is 6.58 Å². The largest absolute Gasteiger partial charge is 0.489 e. The summed E-state index contributed by atoms with van der Waals surface area (Å²) in [7, 11) is 0. The van der Waals surface area contributed by atoms with Crippen molar-refractivity contribution in [2.75, 3.05) is 0 Å². The Balaban J connectivity index is 2.74. The molecule has 14 heavy (non-hydrogen) atoms. The average Bonchev–Trinajstić information content (AvgIpc) is 2.12. The Kier molecular flexibility index (Phi) is 4.14. The molecular formula is C11H12BrFO. The van der Waals surface area contributed by atoms with E-state index < -0.39 is 0 Å². The molecule has 0 aromatic heterocycles. The zero-order valence-electron chi connectivity index (χ0n) is 7.97. The molecular weight excluding hydrogens is 247 g/mol. The zero-order valence-corrected chi connectivity index (χ0v) is 9.55. The fourth-order valence-corrected chi connectivity index (χ4v) is 1.41. The van der Waals surface area contributed by atoms with Crippen molar-refractivity contribution in [3.8, 4) is 5.75 Å². The fourth-order valence-electron chi connectivity index (χ4n) is 1.07. The van der Waals surface area contributed by atoms with E-state index in [0.29, 0.717) is 5.75 Å². The standard InChI is InChI=1S/C11H12BrFO/c1-3-4-8(2)14-11-7-9(13)5-6-10(11)12/h3,5-8H,1,4H2,2H3/t8-/m0/s1. The van der Waals surface area contributed by atoms with Crippen LogP contribution >= 0.6 is 15.9 Å². The summed E-state index contributed by atoms with van der Waals surface area (Å²) in [5, 5.41) is 0. The van der Waals surface area contributed by atoms with Gasteiger partial charge in [0, 0.05) is 12.5 Å². The van der Waals surface area contributed by atoms with Crippen LogP contribution in [0.2, 0.25) is 0 Å². The number of rotatable bonds is 4. The summed E-state index contributed by atoms with van der Waals surface area (Å²) >= 11 is 3.29. The highest BCUT2D eigenvalue weighted by Crippen LogP contribution is 2.26. The normalized spacial score (nSPS) is 12.2. The maximum Gasteiger partial charge on any atom is 0.136 e. The molecule has 76 valence electrons. The van der Waals surface area contributed by atoms with Crippen LogP contribution in [-0.2, 0) is 0 Å². The molecule has 1 aromatic rings. The van der Waals surface area contributed by atoms with E-state index in [-0.39, 0.29) is 11.9 Å². The van der Waals surface area contributed by atoms with Gasteiger partial charge in [-0.3, -0.25) is 0 Å². The summed E-state index contributed by atoms with van der Waals surface area (Å²) in [6.45, 7) is 5.53. The third kappa shape index (κ3) is 3.14. The van der Waals surface area contributed by atoms with E-state index in [4.69, 9.17) is 4.74 Å². The van der Waals surface area contributed by atoms with Gasteiger partial charge in [0.15, 0.2) is 0 Å². The lowest BCUT2D eigenvalue weighted by Gasteiger charge is -2.13. The van der Waals surface area contributed by atoms with E-state index in [0.717, 1.165) is 10.9 Å². The van der Waals surface area contributed by atoms with Crippen LogP contribution in [0.5, 0.6) is 5.75 Å². The monoisotopic (exact) mass is 258 g/mol. The van der Waals surface area contributed by atoms with E-state index in [1.165, 1.54) is 12.1 Å². The van der Waals surface area contributed by atoms with Gasteiger partial charge < -0.3 is 4.74 Å². The second-order valence-electron chi connectivity index (χ2n) is 3.03. The van der Waals surface area contributed by atoms with Crippen molar-refractivity contribution < 1.29 is 9.13 Å². The fraction of sp³-hybridized carbons (Fsp3) is 0.273. The molecule has 0 radical (unpaired) electrons. The van der Waals surface area contributed by atoms with Crippen molar-refractivity contribution >= 4 is 15.9 Å². The van der Waals surface area contributed by atoms with Gasteiger partial charge in [0.25, 0.3) is 0 Å². The summed E-state index contributed by atoms with van der Waals surface area (Å²) in [6, 6.07) is 4.38. The molecule has 0 fully saturated rings. The Morgan fingerprint density at radius 2 is 2.36 bits per heavy atom. The van der Waals surface area contributed by atoms with Crippen LogP contribution in [0.25, 0.3) is 0 Å². The maximum absolute atomic E-state index is 12.9. The lowest BCUT2D eigenvalue weighted by atomic mass is 10.3. The minimum Gasteiger partial charge on any atom is -0.489 e. The summed E-state index contributed by atoms with van der Waals surface area (Å²) in [6.07, 6.45) is 2.52. The molecule has 0 saturated heterocycles. The van der Waals surface area contributed by atoms with Crippen LogP contribution in [0.1, 0.15) is 13.3 Å². The molecule has 0 heterocycles. The minimum atomic E-state index is -0.297. The summed E-state index contributed by atoms with van der Waals surface area (Å²) in [5.74, 6) is 0.230. The van der Waals surface area contributed by atoms with E-state index in [9.17, 15) is 4.39 Å². The first-order valence-corrected chi connectivity index (χ1v) is 5.15. The first-order chi connectivity index (χ1) is 6.63. The Morgan fingerprint density at radius 3 is 3.00 bits per heavy atom. The highest BCUT2D eigenvalue weighted by Gasteiger charge is 2.06. The second kappa shape index (κ2) is 5.15. The number of hydrogen-bond donors (Lipinski definition) is 0. The summed E-state index contributed by atoms with van der Waals surface area (Å²) in [5.41, 5.74) is 0. The smallest absolute Gasteiger partial charge is 0.136 e. The highest BCUT2D eigenvalue weighted by molar-refractivity contribution is 9.10. The molecule has 0 aliphatic heterocycles. The van der Waals surface area contributed by atoms with Crippen LogP contribution < -0.4 is 4.74 Å². The molecule has 1 nitrogen and oxygen atoms in total. The molecule has 1 aromatic carbocycles. The van der Waals surface area contributed by atoms with Crippen LogP contribution in [0.3, 0.4) is 0 Å². The second-order valence-corrected chi connectivity index (χ2v) is 3.88. The Bertz CT molecular complexity index is 325. The van der Waals surface area contributed by atoms with Crippen LogP contribution in [-0.4, -0.2) is 6.10 Å². The third-order valence-corrected chi connectivity index (χ3v) is 2.38. The zero-order chi connectivity index (χ0) is 10.6. The quantitative estimate of drug-likeness (QED) is 0.744. The molecule has 0 amide bonds. The predicted octanol–water partition coefficient (Wildman–Crippen LogP) is 3.93. The van der Waals surface area contributed by atoms with Gasteiger partial charge in [-0.2, -0.15) is 0 Å². The van der Waals surface area contributed by atoms with Crippen LogP contribution in [0, 0.1) is 5.82 Å². The molecule has 1 rings (SSSR count). The lowest BCUT2D eigenvalue weighted by Crippen LogP contribution is -2.10. The van der Waals surface area contributed by atoms with Crippen LogP contribution in [0.15, 0.2) is 35.3 Å². The molecule has 0 spiro atoms. The first kappa shape index (κ1) is 11.2. The molecule has 1 atom stereocenters. The Morgan fingerprint density at radius 1 is 1.64 bits per heavy atom. The molecule has 0 saturated carbocycles. The molecule has 0 bridgehead atoms. The van der Waals surface area contributed by atoms with Crippen molar-refractivity contribution in [3.63, 3.8) is 0 Å². The van der Waals surface area contributed by atoms with Gasteiger partial charge in [0.2, 0.25) is 0 Å². The average molecular weight is 259 g/mol. The van der Waals surface area contributed by atoms with Crippen molar-refractivity contribution in [2.45, 2.75) is 19.4 Å². The van der Waals surface area contributed by atoms with E-state index in [2.05, 4.69) is 22.5 Å². The minimum absolute atomic E-state index is 0.00519. The Labute approximate surface area is 91.7 Å². The van der Waals surface area contributed by atoms with Gasteiger partial charge in [-0.1, -0.05) is 6.08 Å². The maximum atomic E-state index is 12.9. The predicted molar refractivity (Wildman–Crippen MR) is 59.0 cm³/mol. The van der Waals surface area contributed by atoms with Crippen molar-refractivity contribution in [1.29, 1.82) is 0 Å². The van der Waals surface area contributed by atoms with Crippen molar-refractivity contribution in [2.24, 2.45) is 0 Å². The van der Waals surface area contributed by atoms with E-state index >= 15 is 0 Å². The lowest BCUT2D eigenvalue weighted by molar-refractivity contribution is 0.223. The molecule has 0 unspecified atom stereocenters. The third-order valence-electron chi connectivity index (χ3n) is 1.72. The van der Waals surface area contributed by atoms with Gasteiger partial charge >= 0.3 is 0 Å². The van der Waals surface area contributed by atoms with E-state index in [1.807, 2.05) is 6.92 Å². The van der Waals surface area contributed by atoms with Crippen molar-refractivity contribution in [1.82, 2.24) is 0 Å². The number of halogens is 2.